The minimum Gasteiger partial charge on any atom is -0.491 e. The highest BCUT2D eigenvalue weighted by Gasteiger charge is 2.16. The Morgan fingerprint density at radius 1 is 1.45 bits per heavy atom. The smallest absolute Gasteiger partial charge is 0.142 e. The molecule has 1 fully saturated rings. The zero-order chi connectivity index (χ0) is 14.2. The van der Waals surface area contributed by atoms with Crippen molar-refractivity contribution in [3.8, 4) is 5.75 Å². The quantitative estimate of drug-likeness (QED) is 0.804. The van der Waals surface area contributed by atoms with Gasteiger partial charge in [-0.1, -0.05) is 19.1 Å². The zero-order valence-electron chi connectivity index (χ0n) is 12.5. The molecule has 1 aliphatic heterocycles. The van der Waals surface area contributed by atoms with Crippen LogP contribution in [0.1, 0.15) is 26.7 Å². The van der Waals surface area contributed by atoms with E-state index in [1.807, 2.05) is 18.2 Å². The van der Waals surface area contributed by atoms with E-state index in [9.17, 15) is 0 Å². The SMILES string of the molecule is CCCOc1ccccc1NC(C)CC1COCCN1. The topological polar surface area (TPSA) is 42.5 Å². The molecule has 20 heavy (non-hydrogen) atoms. The molecule has 1 aliphatic rings. The highest BCUT2D eigenvalue weighted by molar-refractivity contribution is 5.56. The van der Waals surface area contributed by atoms with E-state index in [0.717, 1.165) is 50.6 Å². The van der Waals surface area contributed by atoms with Crippen molar-refractivity contribution < 1.29 is 9.47 Å². The first-order chi connectivity index (χ1) is 9.79. The maximum absolute atomic E-state index is 5.77. The minimum absolute atomic E-state index is 0.376. The average Bonchev–Trinajstić information content (AvgIpc) is 2.47. The van der Waals surface area contributed by atoms with E-state index in [1.54, 1.807) is 0 Å². The van der Waals surface area contributed by atoms with Crippen LogP contribution < -0.4 is 15.4 Å². The van der Waals surface area contributed by atoms with Gasteiger partial charge in [-0.3, -0.25) is 0 Å². The highest BCUT2D eigenvalue weighted by atomic mass is 16.5. The fraction of sp³-hybridized carbons (Fsp3) is 0.625. The third-order valence-corrected chi connectivity index (χ3v) is 3.39. The second-order valence-electron chi connectivity index (χ2n) is 5.35. The van der Waals surface area contributed by atoms with E-state index in [1.165, 1.54) is 0 Å². The maximum atomic E-state index is 5.77. The molecular formula is C16H26N2O2. The largest absolute Gasteiger partial charge is 0.491 e. The molecule has 0 radical (unpaired) electrons. The Morgan fingerprint density at radius 2 is 2.30 bits per heavy atom. The van der Waals surface area contributed by atoms with Crippen molar-refractivity contribution in [2.75, 3.05) is 31.7 Å². The van der Waals surface area contributed by atoms with Gasteiger partial charge < -0.3 is 20.1 Å². The third-order valence-electron chi connectivity index (χ3n) is 3.39. The van der Waals surface area contributed by atoms with Crippen molar-refractivity contribution in [2.24, 2.45) is 0 Å². The van der Waals surface area contributed by atoms with Crippen molar-refractivity contribution in [1.29, 1.82) is 0 Å². The monoisotopic (exact) mass is 278 g/mol. The summed E-state index contributed by atoms with van der Waals surface area (Å²) in [7, 11) is 0. The summed E-state index contributed by atoms with van der Waals surface area (Å²) in [5.74, 6) is 0.939. The summed E-state index contributed by atoms with van der Waals surface area (Å²) < 4.78 is 11.3. The van der Waals surface area contributed by atoms with E-state index < -0.39 is 0 Å². The number of rotatable bonds is 7. The molecule has 1 heterocycles. The molecule has 0 aromatic heterocycles. The molecule has 0 amide bonds. The van der Waals surface area contributed by atoms with E-state index in [4.69, 9.17) is 9.47 Å². The number of nitrogens with one attached hydrogen (secondary N) is 2. The van der Waals surface area contributed by atoms with Gasteiger partial charge >= 0.3 is 0 Å². The van der Waals surface area contributed by atoms with Gasteiger partial charge in [-0.2, -0.15) is 0 Å². The summed E-state index contributed by atoms with van der Waals surface area (Å²) in [5.41, 5.74) is 1.07. The van der Waals surface area contributed by atoms with Crippen LogP contribution in [0.2, 0.25) is 0 Å². The standard InChI is InChI=1S/C16H26N2O2/c1-3-9-20-16-7-5-4-6-15(16)18-13(2)11-14-12-19-10-8-17-14/h4-7,13-14,17-18H,3,8-12H2,1-2H3. The summed E-state index contributed by atoms with van der Waals surface area (Å²) in [4.78, 5) is 0. The molecule has 2 N–H and O–H groups in total. The summed E-state index contributed by atoms with van der Waals surface area (Å²) in [6.07, 6.45) is 2.06. The molecule has 2 rings (SSSR count). The Hall–Kier alpha value is -1.26. The lowest BCUT2D eigenvalue weighted by atomic mass is 10.1. The Labute approximate surface area is 121 Å². The summed E-state index contributed by atoms with van der Waals surface area (Å²) in [6.45, 7) is 7.66. The molecule has 4 nitrogen and oxygen atoms in total. The Balaban J connectivity index is 1.87. The zero-order valence-corrected chi connectivity index (χ0v) is 12.5. The molecule has 112 valence electrons. The molecule has 2 atom stereocenters. The lowest BCUT2D eigenvalue weighted by Gasteiger charge is -2.27. The Bertz CT molecular complexity index is 392. The molecule has 0 bridgehead atoms. The molecule has 0 saturated carbocycles. The normalized spacial score (nSPS) is 20.4. The molecule has 1 aromatic carbocycles. The molecule has 1 saturated heterocycles. The van der Waals surface area contributed by atoms with Crippen molar-refractivity contribution in [2.45, 2.75) is 38.8 Å². The van der Waals surface area contributed by atoms with Gasteiger partial charge in [0.25, 0.3) is 0 Å². The van der Waals surface area contributed by atoms with E-state index in [2.05, 4.69) is 30.5 Å². The molecule has 0 aliphatic carbocycles. The first kappa shape index (κ1) is 15.1. The molecule has 0 spiro atoms. The molecular weight excluding hydrogens is 252 g/mol. The number of morpholine rings is 1. The van der Waals surface area contributed by atoms with Crippen LogP contribution in [0, 0.1) is 0 Å². The number of hydrogen-bond acceptors (Lipinski definition) is 4. The molecule has 1 aromatic rings. The van der Waals surface area contributed by atoms with Crippen LogP contribution >= 0.6 is 0 Å². The van der Waals surface area contributed by atoms with Gasteiger partial charge in [-0.15, -0.1) is 0 Å². The van der Waals surface area contributed by atoms with Crippen LogP contribution in [0.15, 0.2) is 24.3 Å². The van der Waals surface area contributed by atoms with Crippen molar-refractivity contribution in [3.63, 3.8) is 0 Å². The van der Waals surface area contributed by atoms with Crippen LogP contribution in [-0.4, -0.2) is 38.4 Å². The first-order valence-electron chi connectivity index (χ1n) is 7.59. The second-order valence-corrected chi connectivity index (χ2v) is 5.35. The van der Waals surface area contributed by atoms with Gasteiger partial charge in [0.1, 0.15) is 5.75 Å². The lowest BCUT2D eigenvalue weighted by Crippen LogP contribution is -2.43. The number of hydrogen-bond donors (Lipinski definition) is 2. The summed E-state index contributed by atoms with van der Waals surface area (Å²) >= 11 is 0. The van der Waals surface area contributed by atoms with Gasteiger partial charge in [0.2, 0.25) is 0 Å². The number of para-hydroxylation sites is 2. The van der Waals surface area contributed by atoms with Gasteiger partial charge in [0.05, 0.1) is 25.5 Å². The van der Waals surface area contributed by atoms with E-state index >= 15 is 0 Å². The minimum atomic E-state index is 0.376. The van der Waals surface area contributed by atoms with Crippen LogP contribution in [0.25, 0.3) is 0 Å². The van der Waals surface area contributed by atoms with Gasteiger partial charge in [-0.05, 0) is 31.9 Å². The molecule has 2 unspecified atom stereocenters. The molecule has 4 heteroatoms. The number of anilines is 1. The fourth-order valence-electron chi connectivity index (χ4n) is 2.45. The predicted molar refractivity (Wildman–Crippen MR) is 82.5 cm³/mol. The average molecular weight is 278 g/mol. The van der Waals surface area contributed by atoms with Crippen molar-refractivity contribution in [1.82, 2.24) is 5.32 Å². The van der Waals surface area contributed by atoms with Gasteiger partial charge in [0.15, 0.2) is 0 Å². The van der Waals surface area contributed by atoms with Gasteiger partial charge in [0, 0.05) is 18.6 Å². The summed E-state index contributed by atoms with van der Waals surface area (Å²) in [6, 6.07) is 8.96. The first-order valence-corrected chi connectivity index (χ1v) is 7.59. The Morgan fingerprint density at radius 3 is 3.05 bits per heavy atom. The number of benzene rings is 1. The predicted octanol–water partition coefficient (Wildman–Crippen LogP) is 2.65. The van der Waals surface area contributed by atoms with E-state index in [-0.39, 0.29) is 0 Å². The van der Waals surface area contributed by atoms with Crippen LogP contribution in [0.5, 0.6) is 5.75 Å². The fourth-order valence-corrected chi connectivity index (χ4v) is 2.45. The summed E-state index contributed by atoms with van der Waals surface area (Å²) in [5, 5.41) is 7.03. The van der Waals surface area contributed by atoms with Crippen LogP contribution in [0.4, 0.5) is 5.69 Å². The van der Waals surface area contributed by atoms with E-state index in [0.29, 0.717) is 12.1 Å². The lowest BCUT2D eigenvalue weighted by molar-refractivity contribution is 0.0731. The van der Waals surface area contributed by atoms with Crippen LogP contribution in [-0.2, 0) is 4.74 Å². The maximum Gasteiger partial charge on any atom is 0.142 e. The van der Waals surface area contributed by atoms with Crippen LogP contribution in [0.3, 0.4) is 0 Å². The number of ether oxygens (including phenoxy) is 2. The third kappa shape index (κ3) is 4.69. The van der Waals surface area contributed by atoms with Crippen molar-refractivity contribution >= 4 is 5.69 Å². The second kappa shape index (κ2) is 8.12. The highest BCUT2D eigenvalue weighted by Crippen LogP contribution is 2.25. The van der Waals surface area contributed by atoms with Crippen molar-refractivity contribution in [3.05, 3.63) is 24.3 Å². The van der Waals surface area contributed by atoms with Gasteiger partial charge in [-0.25, -0.2) is 0 Å². The Kier molecular flexibility index (Phi) is 6.15.